The minimum absolute atomic E-state index is 0.125. The van der Waals surface area contributed by atoms with Crippen LogP contribution >= 0.6 is 0 Å². The number of carbonyl (C=O) groups excluding carboxylic acids is 1. The first-order valence-corrected chi connectivity index (χ1v) is 10.2. The Bertz CT molecular complexity index is 1130. The van der Waals surface area contributed by atoms with Crippen LogP contribution in [0.3, 0.4) is 0 Å². The number of methoxy groups -OCH3 is 1. The number of hydrogen-bond acceptors (Lipinski definition) is 5. The van der Waals surface area contributed by atoms with Crippen LogP contribution in [-0.4, -0.2) is 36.1 Å². The molecule has 3 aromatic rings. The van der Waals surface area contributed by atoms with E-state index in [2.05, 4.69) is 22.2 Å². The summed E-state index contributed by atoms with van der Waals surface area (Å²) in [6, 6.07) is 12.5. The van der Waals surface area contributed by atoms with E-state index in [-0.39, 0.29) is 5.75 Å². The van der Waals surface area contributed by atoms with Gasteiger partial charge in [0.05, 0.1) is 18.7 Å². The van der Waals surface area contributed by atoms with Gasteiger partial charge in [0.15, 0.2) is 0 Å². The summed E-state index contributed by atoms with van der Waals surface area (Å²) < 4.78 is 4.80. The first-order valence-electron chi connectivity index (χ1n) is 10.2. The molecule has 1 heterocycles. The van der Waals surface area contributed by atoms with Crippen molar-refractivity contribution in [2.45, 2.75) is 26.3 Å². The monoisotopic (exact) mass is 417 g/mol. The van der Waals surface area contributed by atoms with Gasteiger partial charge >= 0.3 is 5.97 Å². The number of amidine groups is 1. The maximum atomic E-state index is 11.8. The molecule has 2 N–H and O–H groups in total. The maximum absolute atomic E-state index is 11.8. The smallest absolute Gasteiger partial charge is 0.337 e. The highest BCUT2D eigenvalue weighted by Crippen LogP contribution is 2.37. The molecule has 1 atom stereocenters. The van der Waals surface area contributed by atoms with Gasteiger partial charge in [0.25, 0.3) is 0 Å². The van der Waals surface area contributed by atoms with Crippen molar-refractivity contribution in [3.63, 3.8) is 0 Å². The normalized spacial score (nSPS) is 12.8. The van der Waals surface area contributed by atoms with Crippen LogP contribution in [0.4, 0.5) is 0 Å². The Balaban J connectivity index is 2.16. The Labute approximate surface area is 182 Å². The van der Waals surface area contributed by atoms with Crippen LogP contribution in [0.2, 0.25) is 0 Å². The SMILES string of the molecule is CC/C=C\C(=NC)NC(c1ccc(C(=O)OC)cc1)c1c(C)cc2cccnc2c1O. The third-order valence-electron chi connectivity index (χ3n) is 5.11. The van der Waals surface area contributed by atoms with E-state index >= 15 is 0 Å². The van der Waals surface area contributed by atoms with E-state index in [4.69, 9.17) is 4.74 Å². The van der Waals surface area contributed by atoms with Gasteiger partial charge in [-0.3, -0.25) is 9.98 Å². The largest absolute Gasteiger partial charge is 0.505 e. The number of carbonyl (C=O) groups is 1. The number of fused-ring (bicyclic) bond motifs is 1. The summed E-state index contributed by atoms with van der Waals surface area (Å²) in [6.07, 6.45) is 6.48. The van der Waals surface area contributed by atoms with Crippen molar-refractivity contribution in [2.24, 2.45) is 4.99 Å². The molecule has 0 saturated heterocycles. The number of phenolic OH excluding ortho intramolecular Hbond substituents is 1. The number of aryl methyl sites for hydroxylation is 1. The van der Waals surface area contributed by atoms with Crippen LogP contribution in [0.15, 0.2) is 65.8 Å². The molecule has 0 bridgehead atoms. The summed E-state index contributed by atoms with van der Waals surface area (Å²) in [6.45, 7) is 4.02. The number of nitrogens with one attached hydrogen (secondary N) is 1. The highest BCUT2D eigenvalue weighted by molar-refractivity contribution is 5.94. The molecule has 0 spiro atoms. The lowest BCUT2D eigenvalue weighted by Crippen LogP contribution is -2.29. The van der Waals surface area contributed by atoms with Crippen LogP contribution in [0.5, 0.6) is 5.75 Å². The Morgan fingerprint density at radius 3 is 2.68 bits per heavy atom. The minimum Gasteiger partial charge on any atom is -0.505 e. The third-order valence-corrected chi connectivity index (χ3v) is 5.11. The predicted octanol–water partition coefficient (Wildman–Crippen LogP) is 4.71. The number of rotatable bonds is 6. The summed E-state index contributed by atoms with van der Waals surface area (Å²) in [5.74, 6) is 0.413. The molecule has 0 amide bonds. The van der Waals surface area contributed by atoms with E-state index in [1.165, 1.54) is 7.11 Å². The lowest BCUT2D eigenvalue weighted by atomic mass is 9.91. The van der Waals surface area contributed by atoms with Gasteiger partial charge in [-0.2, -0.15) is 0 Å². The standard InChI is InChI=1S/C25H27N3O3/c1-5-6-9-20(26-3)28-22(17-10-12-18(13-11-17)25(30)31-4)21-16(2)15-19-8-7-14-27-23(19)24(21)29/h6-15,22,29H,5H2,1-4H3,(H,26,28)/b9-6-. The van der Waals surface area contributed by atoms with Crippen molar-refractivity contribution < 1.29 is 14.6 Å². The number of hydrogen-bond donors (Lipinski definition) is 2. The molecular weight excluding hydrogens is 390 g/mol. The first-order chi connectivity index (χ1) is 15.0. The Kier molecular flexibility index (Phi) is 7.03. The number of phenols is 1. The molecule has 0 saturated carbocycles. The average molecular weight is 418 g/mol. The summed E-state index contributed by atoms with van der Waals surface area (Å²) >= 11 is 0. The van der Waals surface area contributed by atoms with E-state index < -0.39 is 12.0 Å². The van der Waals surface area contributed by atoms with Crippen LogP contribution in [0.25, 0.3) is 10.9 Å². The van der Waals surface area contributed by atoms with E-state index in [1.54, 1.807) is 25.4 Å². The van der Waals surface area contributed by atoms with Gasteiger partial charge in [0.2, 0.25) is 0 Å². The molecule has 0 aliphatic rings. The van der Waals surface area contributed by atoms with Crippen LogP contribution in [0, 0.1) is 6.92 Å². The first kappa shape index (κ1) is 22.0. The molecule has 160 valence electrons. The van der Waals surface area contributed by atoms with Gasteiger partial charge in [-0.15, -0.1) is 0 Å². The fraction of sp³-hybridized carbons (Fsp3) is 0.240. The fourth-order valence-corrected chi connectivity index (χ4v) is 3.54. The molecule has 2 aromatic carbocycles. The number of aliphatic imine (C=N–C) groups is 1. The van der Waals surface area contributed by atoms with Gasteiger partial charge in [-0.25, -0.2) is 4.79 Å². The van der Waals surface area contributed by atoms with E-state index in [1.807, 2.05) is 49.4 Å². The molecule has 31 heavy (non-hydrogen) atoms. The lowest BCUT2D eigenvalue weighted by molar-refractivity contribution is 0.0600. The second kappa shape index (κ2) is 9.89. The summed E-state index contributed by atoms with van der Waals surface area (Å²) in [5.41, 5.74) is 3.50. The predicted molar refractivity (Wildman–Crippen MR) is 124 cm³/mol. The molecule has 0 aliphatic heterocycles. The second-order valence-corrected chi connectivity index (χ2v) is 7.14. The van der Waals surface area contributed by atoms with Crippen molar-refractivity contribution >= 4 is 22.7 Å². The van der Waals surface area contributed by atoms with Crippen LogP contribution in [-0.2, 0) is 4.74 Å². The average Bonchev–Trinajstić information content (AvgIpc) is 2.80. The fourth-order valence-electron chi connectivity index (χ4n) is 3.54. The zero-order valence-corrected chi connectivity index (χ0v) is 18.2. The van der Waals surface area contributed by atoms with Gasteiger partial charge in [0, 0.05) is 24.2 Å². The van der Waals surface area contributed by atoms with E-state index in [0.717, 1.165) is 22.9 Å². The maximum Gasteiger partial charge on any atom is 0.337 e. The minimum atomic E-state index is -0.404. The van der Waals surface area contributed by atoms with Gasteiger partial charge in [-0.1, -0.05) is 31.2 Å². The van der Waals surface area contributed by atoms with Crippen molar-refractivity contribution in [1.82, 2.24) is 10.3 Å². The zero-order valence-electron chi connectivity index (χ0n) is 18.2. The molecule has 6 heteroatoms. The van der Waals surface area contributed by atoms with Crippen molar-refractivity contribution in [2.75, 3.05) is 14.2 Å². The van der Waals surface area contributed by atoms with Gasteiger partial charge in [-0.05, 0) is 54.8 Å². The summed E-state index contributed by atoms with van der Waals surface area (Å²) in [5, 5.41) is 15.5. The Morgan fingerprint density at radius 2 is 2.03 bits per heavy atom. The van der Waals surface area contributed by atoms with Crippen molar-refractivity contribution in [3.8, 4) is 5.75 Å². The summed E-state index contributed by atoms with van der Waals surface area (Å²) in [4.78, 5) is 20.6. The topological polar surface area (TPSA) is 83.8 Å². The molecule has 0 radical (unpaired) electrons. The number of aromatic hydroxyl groups is 1. The zero-order chi connectivity index (χ0) is 22.4. The number of nitrogens with zero attached hydrogens (tertiary/aromatic N) is 2. The van der Waals surface area contributed by atoms with Gasteiger partial charge in [0.1, 0.15) is 17.1 Å². The highest BCUT2D eigenvalue weighted by atomic mass is 16.5. The quantitative estimate of drug-likeness (QED) is 0.345. The Morgan fingerprint density at radius 1 is 1.29 bits per heavy atom. The lowest BCUT2D eigenvalue weighted by Gasteiger charge is -2.24. The number of benzene rings is 2. The Hall–Kier alpha value is -3.67. The molecule has 1 aromatic heterocycles. The molecule has 0 aliphatic carbocycles. The molecule has 0 fully saturated rings. The number of pyridine rings is 1. The number of ether oxygens (including phenoxy) is 1. The number of aromatic nitrogens is 1. The van der Waals surface area contributed by atoms with Crippen molar-refractivity contribution in [1.29, 1.82) is 0 Å². The van der Waals surface area contributed by atoms with Crippen molar-refractivity contribution in [3.05, 3.63) is 83.1 Å². The molecule has 3 rings (SSSR count). The number of esters is 1. The van der Waals surface area contributed by atoms with Crippen LogP contribution < -0.4 is 5.32 Å². The van der Waals surface area contributed by atoms with Gasteiger partial charge < -0.3 is 15.2 Å². The molecule has 1 unspecified atom stereocenters. The third kappa shape index (κ3) is 4.74. The number of allylic oxidation sites excluding steroid dienone is 1. The molecular formula is C25H27N3O3. The second-order valence-electron chi connectivity index (χ2n) is 7.14. The summed E-state index contributed by atoms with van der Waals surface area (Å²) in [7, 11) is 3.07. The van der Waals surface area contributed by atoms with E-state index in [9.17, 15) is 9.90 Å². The molecule has 6 nitrogen and oxygen atoms in total. The van der Waals surface area contributed by atoms with E-state index in [0.29, 0.717) is 22.5 Å². The van der Waals surface area contributed by atoms with Crippen LogP contribution in [0.1, 0.15) is 46.4 Å². The highest BCUT2D eigenvalue weighted by Gasteiger charge is 2.23.